The van der Waals surface area contributed by atoms with Gasteiger partial charge < -0.3 is 14.5 Å². The molecule has 1 saturated carbocycles. The van der Waals surface area contributed by atoms with Crippen LogP contribution in [0.2, 0.25) is 0 Å². The third-order valence-corrected chi connectivity index (χ3v) is 8.38. The van der Waals surface area contributed by atoms with E-state index in [9.17, 15) is 23.3 Å². The van der Waals surface area contributed by atoms with Crippen LogP contribution in [0.25, 0.3) is 11.1 Å². The van der Waals surface area contributed by atoms with E-state index in [1.165, 1.54) is 41.7 Å². The van der Waals surface area contributed by atoms with E-state index in [0.717, 1.165) is 18.4 Å². The van der Waals surface area contributed by atoms with Crippen LogP contribution in [0.1, 0.15) is 58.3 Å². The number of esters is 1. The van der Waals surface area contributed by atoms with E-state index in [2.05, 4.69) is 27.4 Å². The number of aromatic nitrogens is 2. The van der Waals surface area contributed by atoms with Crippen LogP contribution in [0.4, 0.5) is 11.5 Å². The van der Waals surface area contributed by atoms with Gasteiger partial charge in [-0.05, 0) is 54.9 Å². The van der Waals surface area contributed by atoms with Gasteiger partial charge in [0.1, 0.15) is 17.9 Å². The van der Waals surface area contributed by atoms with Crippen molar-refractivity contribution >= 4 is 38.9 Å². The smallest absolute Gasteiger partial charge is 0.338 e. The van der Waals surface area contributed by atoms with Gasteiger partial charge in [0.05, 0.1) is 29.4 Å². The molecule has 2 aliphatic rings. The zero-order chi connectivity index (χ0) is 29.4. The number of carbonyl (C=O) groups excluding carboxylic acids is 1. The molecule has 2 aliphatic carbocycles. The van der Waals surface area contributed by atoms with Crippen molar-refractivity contribution < 1.29 is 31.5 Å². The number of ether oxygens (including phenoxy) is 1. The number of aryl methyl sites for hydroxylation is 1. The number of non-ortho nitro benzene ring substituents is 1. The highest BCUT2D eigenvalue weighted by molar-refractivity contribution is 7.84. The molecule has 13 nitrogen and oxygen atoms in total. The first-order chi connectivity index (χ1) is 20.2. The van der Waals surface area contributed by atoms with Crippen molar-refractivity contribution in [1.29, 1.82) is 0 Å². The Morgan fingerprint density at radius 2 is 1.90 bits per heavy atom. The topological polar surface area (TPSA) is 190 Å². The lowest BCUT2D eigenvalue weighted by molar-refractivity contribution is -0.384. The lowest BCUT2D eigenvalue weighted by Crippen LogP contribution is -2.28. The molecule has 42 heavy (non-hydrogen) atoms. The van der Waals surface area contributed by atoms with E-state index >= 15 is 0 Å². The molecule has 14 heteroatoms. The van der Waals surface area contributed by atoms with Crippen molar-refractivity contribution in [3.63, 3.8) is 0 Å². The number of rotatable bonds is 9. The number of carbonyl (C=O) groups is 1. The Balaban J connectivity index is 1.23. The average Bonchev–Trinajstić information content (AvgIpc) is 3.69. The van der Waals surface area contributed by atoms with Gasteiger partial charge >= 0.3 is 16.3 Å². The van der Waals surface area contributed by atoms with Crippen LogP contribution in [0.5, 0.6) is 0 Å². The van der Waals surface area contributed by atoms with Crippen LogP contribution < -0.4 is 10.5 Å². The molecular weight excluding hydrogens is 566 g/mol. The fourth-order valence-electron chi connectivity index (χ4n) is 5.90. The molecule has 2 heterocycles. The minimum absolute atomic E-state index is 0.0854. The summed E-state index contributed by atoms with van der Waals surface area (Å²) in [4.78, 5) is 32.2. The zero-order valence-corrected chi connectivity index (χ0v) is 23.0. The summed E-state index contributed by atoms with van der Waals surface area (Å²) in [5.41, 5.74) is 4.37. The molecule has 0 spiro atoms. The van der Waals surface area contributed by atoms with E-state index in [4.69, 9.17) is 18.5 Å². The monoisotopic (exact) mass is 593 g/mol. The van der Waals surface area contributed by atoms with Gasteiger partial charge in [-0.25, -0.2) is 19.9 Å². The molecule has 218 valence electrons. The molecule has 0 bridgehead atoms. The molecule has 4 atom stereocenters. The number of benzene rings is 2. The lowest BCUT2D eigenvalue weighted by Gasteiger charge is -2.19. The first-order valence-electron chi connectivity index (χ1n) is 13.4. The van der Waals surface area contributed by atoms with E-state index < -0.39 is 33.2 Å². The quantitative estimate of drug-likeness (QED) is 0.161. The van der Waals surface area contributed by atoms with Gasteiger partial charge in [-0.3, -0.25) is 14.3 Å². The Morgan fingerprint density at radius 3 is 2.67 bits per heavy atom. The second kappa shape index (κ2) is 11.1. The highest BCUT2D eigenvalue weighted by Gasteiger charge is 2.40. The molecule has 6 rings (SSSR count). The number of furan rings is 1. The van der Waals surface area contributed by atoms with E-state index in [-0.39, 0.29) is 29.8 Å². The average molecular weight is 594 g/mol. The van der Waals surface area contributed by atoms with Crippen molar-refractivity contribution in [2.75, 3.05) is 11.9 Å². The molecule has 4 aromatic rings. The molecule has 0 unspecified atom stereocenters. The number of hydrogen-bond acceptors (Lipinski definition) is 11. The number of nitrogens with one attached hydrogen (secondary N) is 1. The van der Waals surface area contributed by atoms with Crippen LogP contribution in [0.15, 0.2) is 65.5 Å². The van der Waals surface area contributed by atoms with Gasteiger partial charge in [0, 0.05) is 23.6 Å². The van der Waals surface area contributed by atoms with Gasteiger partial charge in [-0.15, -0.1) is 0 Å². The predicted molar refractivity (Wildman–Crippen MR) is 150 cm³/mol. The lowest BCUT2D eigenvalue weighted by atomic mass is 9.98. The maximum Gasteiger partial charge on any atom is 0.338 e. The Hall–Kier alpha value is -4.40. The van der Waals surface area contributed by atoms with E-state index in [0.29, 0.717) is 29.8 Å². The van der Waals surface area contributed by atoms with Crippen molar-refractivity contribution in [1.82, 2.24) is 9.97 Å². The summed E-state index contributed by atoms with van der Waals surface area (Å²) in [5.74, 6) is -0.834. The van der Waals surface area contributed by atoms with Crippen LogP contribution in [-0.4, -0.2) is 42.0 Å². The van der Waals surface area contributed by atoms with Gasteiger partial charge in [0.25, 0.3) is 5.69 Å². The number of nitrogens with two attached hydrogens (primary N) is 1. The maximum atomic E-state index is 12.9. The van der Waals surface area contributed by atoms with E-state index in [1.807, 2.05) is 12.1 Å². The Kier molecular flexibility index (Phi) is 7.35. The Morgan fingerprint density at radius 1 is 1.12 bits per heavy atom. The fraction of sp³-hybridized carbons (Fsp3) is 0.321. The maximum absolute atomic E-state index is 12.9. The Bertz CT molecular complexity index is 1760. The summed E-state index contributed by atoms with van der Waals surface area (Å²) in [5, 5.41) is 19.5. The van der Waals surface area contributed by atoms with Crippen LogP contribution >= 0.6 is 0 Å². The van der Waals surface area contributed by atoms with Crippen molar-refractivity contribution in [3.05, 3.63) is 93.5 Å². The summed E-state index contributed by atoms with van der Waals surface area (Å²) in [7, 11) is -4.22. The Labute approximate surface area is 240 Å². The highest BCUT2D eigenvalue weighted by Crippen LogP contribution is 2.44. The summed E-state index contributed by atoms with van der Waals surface area (Å²) in [6, 6.07) is 13.4. The molecule has 2 aromatic heterocycles. The molecule has 0 saturated heterocycles. The summed E-state index contributed by atoms with van der Waals surface area (Å²) in [6.45, 7) is -0.286. The second-order valence-electron chi connectivity index (χ2n) is 10.5. The largest absolute Gasteiger partial charge is 0.458 e. The third-order valence-electron chi connectivity index (χ3n) is 7.91. The van der Waals surface area contributed by atoms with Gasteiger partial charge in [-0.1, -0.05) is 24.3 Å². The van der Waals surface area contributed by atoms with Crippen LogP contribution in [0.3, 0.4) is 0 Å². The molecule has 1 fully saturated rings. The number of nitro benzene ring substituents is 1. The fourth-order valence-corrected chi connectivity index (χ4v) is 6.27. The second-order valence-corrected chi connectivity index (χ2v) is 11.7. The van der Waals surface area contributed by atoms with Gasteiger partial charge in [0.15, 0.2) is 11.4 Å². The van der Waals surface area contributed by atoms with Gasteiger partial charge in [-0.2, -0.15) is 8.42 Å². The molecule has 0 aliphatic heterocycles. The number of anilines is 1. The predicted octanol–water partition coefficient (Wildman–Crippen LogP) is 4.17. The van der Waals surface area contributed by atoms with Crippen molar-refractivity contribution in [2.24, 2.45) is 11.1 Å². The minimum atomic E-state index is -4.22. The van der Waals surface area contributed by atoms with Crippen molar-refractivity contribution in [2.45, 2.75) is 43.7 Å². The van der Waals surface area contributed by atoms with Crippen LogP contribution in [-0.2, 0) is 25.6 Å². The van der Waals surface area contributed by atoms with Crippen molar-refractivity contribution in [3.8, 4) is 0 Å². The third kappa shape index (κ3) is 5.68. The summed E-state index contributed by atoms with van der Waals surface area (Å²) >= 11 is 0. The first-order valence-corrected chi connectivity index (χ1v) is 14.8. The molecule has 3 N–H and O–H groups in total. The normalized spacial score (nSPS) is 21.7. The molecule has 0 radical (unpaired) electrons. The molecular formula is C28H27N5O8S. The summed E-state index contributed by atoms with van der Waals surface area (Å²) < 4.78 is 39.6. The zero-order valence-electron chi connectivity index (χ0n) is 22.2. The number of nitrogens with zero attached hydrogens (tertiary/aromatic N) is 3. The molecule has 2 aromatic carbocycles. The number of hydrogen-bond donors (Lipinski definition) is 2. The molecule has 0 amide bonds. The highest BCUT2D eigenvalue weighted by atomic mass is 32.2. The van der Waals surface area contributed by atoms with E-state index in [1.54, 1.807) is 6.26 Å². The van der Waals surface area contributed by atoms with Crippen LogP contribution in [0, 0.1) is 16.0 Å². The standard InChI is InChI=1S/C28H27N5O8S/c29-42(37,38)40-13-19-11-18(12-24(19)41-28(34)17-5-8-20(9-6-17)33(35)36)22-14-39-26-25(22)30-15-31-27(26)32-23-10-7-16-3-1-2-4-21(16)23/h1-6,8-9,14-15,18-19,23-24H,7,10-13H2,(H2,29,37,38)(H,30,31,32)/t18-,19-,23-,24-/m0/s1. The SMILES string of the molecule is NS(=O)(=O)OC[C@@H]1C[C@H](c2coc3c(N[C@H]4CCc5ccccc54)ncnc23)C[C@@H]1OC(=O)c1ccc([N+](=O)[O-])cc1. The first kappa shape index (κ1) is 27.8. The number of nitro groups is 1. The summed E-state index contributed by atoms with van der Waals surface area (Å²) in [6.07, 6.45) is 4.99. The minimum Gasteiger partial charge on any atom is -0.458 e. The number of fused-ring (bicyclic) bond motifs is 2. The van der Waals surface area contributed by atoms with Gasteiger partial charge in [0.2, 0.25) is 0 Å².